The van der Waals surface area contributed by atoms with Gasteiger partial charge in [-0.3, -0.25) is 14.4 Å². The SMILES string of the molecule is Cc1sc2nc(CSC(C)C(=O)NCCC(=O)NC3CCCCC3)[nH]c(=O)c2c1C. The van der Waals surface area contributed by atoms with E-state index >= 15 is 0 Å². The molecule has 2 amide bonds. The van der Waals surface area contributed by atoms with Gasteiger partial charge in [0.05, 0.1) is 16.4 Å². The summed E-state index contributed by atoms with van der Waals surface area (Å²) in [5, 5.41) is 6.24. The van der Waals surface area contributed by atoms with Crippen molar-refractivity contribution < 1.29 is 9.59 Å². The minimum Gasteiger partial charge on any atom is -0.355 e. The second-order valence-electron chi connectivity index (χ2n) is 7.87. The minimum atomic E-state index is -0.306. The Labute approximate surface area is 184 Å². The zero-order valence-electron chi connectivity index (χ0n) is 17.8. The third-order valence-electron chi connectivity index (χ3n) is 5.55. The van der Waals surface area contributed by atoms with Crippen LogP contribution in [0.15, 0.2) is 4.79 Å². The Kier molecular flexibility index (Phi) is 7.93. The first kappa shape index (κ1) is 22.8. The molecule has 3 N–H and O–H groups in total. The Morgan fingerprint density at radius 1 is 1.27 bits per heavy atom. The van der Waals surface area contributed by atoms with Crippen molar-refractivity contribution in [2.24, 2.45) is 0 Å². The van der Waals surface area contributed by atoms with E-state index in [-0.39, 0.29) is 22.6 Å². The van der Waals surface area contributed by atoms with Crippen LogP contribution in [0.1, 0.15) is 61.7 Å². The molecular formula is C21H30N4O3S2. The van der Waals surface area contributed by atoms with E-state index in [9.17, 15) is 14.4 Å². The van der Waals surface area contributed by atoms with Crippen LogP contribution >= 0.6 is 23.1 Å². The fourth-order valence-corrected chi connectivity index (χ4v) is 5.47. The van der Waals surface area contributed by atoms with Crippen LogP contribution in [-0.2, 0) is 15.3 Å². The van der Waals surface area contributed by atoms with Gasteiger partial charge in [-0.05, 0) is 39.2 Å². The van der Waals surface area contributed by atoms with Crippen LogP contribution in [0.5, 0.6) is 0 Å². The summed E-state index contributed by atoms with van der Waals surface area (Å²) in [6.45, 7) is 6.06. The standard InChI is InChI=1S/C21H30N4O3S2/c1-12-13(2)30-21-18(12)20(28)24-16(25-21)11-29-14(3)19(27)22-10-9-17(26)23-15-7-5-4-6-8-15/h14-15H,4-11H2,1-3H3,(H,22,27)(H,23,26)(H,24,25,28). The number of rotatable bonds is 8. The number of nitrogens with zero attached hydrogens (tertiary/aromatic N) is 1. The number of nitrogens with one attached hydrogen (secondary N) is 3. The molecule has 0 spiro atoms. The fraction of sp³-hybridized carbons (Fsp3) is 0.619. The maximum Gasteiger partial charge on any atom is 0.259 e. The highest BCUT2D eigenvalue weighted by Crippen LogP contribution is 2.26. The van der Waals surface area contributed by atoms with Gasteiger partial charge in [-0.15, -0.1) is 23.1 Å². The molecule has 1 fully saturated rings. The average Bonchev–Trinajstić information content (AvgIpc) is 3.00. The number of carbonyl (C=O) groups is 2. The highest BCUT2D eigenvalue weighted by molar-refractivity contribution is 7.99. The zero-order chi connectivity index (χ0) is 21.7. The van der Waals surface area contributed by atoms with Crippen molar-refractivity contribution >= 4 is 45.1 Å². The van der Waals surface area contributed by atoms with E-state index in [0.29, 0.717) is 36.0 Å². The van der Waals surface area contributed by atoms with Crippen LogP contribution in [-0.4, -0.2) is 39.6 Å². The second kappa shape index (κ2) is 10.4. The topological polar surface area (TPSA) is 104 Å². The van der Waals surface area contributed by atoms with Crippen molar-refractivity contribution in [3.63, 3.8) is 0 Å². The molecule has 0 bridgehead atoms. The molecule has 7 nitrogen and oxygen atoms in total. The molecule has 1 atom stereocenters. The van der Waals surface area contributed by atoms with Gasteiger partial charge in [-0.2, -0.15) is 0 Å². The molecular weight excluding hydrogens is 420 g/mol. The van der Waals surface area contributed by atoms with Crippen molar-refractivity contribution in [1.82, 2.24) is 20.6 Å². The summed E-state index contributed by atoms with van der Waals surface area (Å²) in [5.74, 6) is 0.902. The van der Waals surface area contributed by atoms with Crippen molar-refractivity contribution in [1.29, 1.82) is 0 Å². The number of amides is 2. The van der Waals surface area contributed by atoms with Crippen LogP contribution in [0.25, 0.3) is 10.2 Å². The molecule has 0 saturated heterocycles. The molecule has 1 aliphatic carbocycles. The van der Waals surface area contributed by atoms with Gasteiger partial charge in [0.2, 0.25) is 11.8 Å². The van der Waals surface area contributed by atoms with Gasteiger partial charge in [0.1, 0.15) is 10.7 Å². The molecule has 164 valence electrons. The predicted molar refractivity (Wildman–Crippen MR) is 123 cm³/mol. The number of aromatic nitrogens is 2. The van der Waals surface area contributed by atoms with Gasteiger partial charge >= 0.3 is 0 Å². The lowest BCUT2D eigenvalue weighted by atomic mass is 9.95. The molecule has 2 heterocycles. The minimum absolute atomic E-state index is 0.000816. The van der Waals surface area contributed by atoms with Crippen molar-refractivity contribution in [2.75, 3.05) is 6.54 Å². The van der Waals surface area contributed by atoms with E-state index in [4.69, 9.17) is 0 Å². The molecule has 3 rings (SSSR count). The quantitative estimate of drug-likeness (QED) is 0.573. The number of aromatic amines is 1. The third-order valence-corrected chi connectivity index (χ3v) is 7.80. The molecule has 2 aromatic rings. The number of H-pyrrole nitrogens is 1. The van der Waals surface area contributed by atoms with E-state index < -0.39 is 0 Å². The summed E-state index contributed by atoms with van der Waals surface area (Å²) in [7, 11) is 0. The molecule has 1 unspecified atom stereocenters. The number of thioether (sulfide) groups is 1. The van der Waals surface area contributed by atoms with E-state index in [2.05, 4.69) is 20.6 Å². The first-order chi connectivity index (χ1) is 14.3. The number of carbonyl (C=O) groups excluding carboxylic acids is 2. The molecule has 2 aromatic heterocycles. The number of fused-ring (bicyclic) bond motifs is 1. The maximum absolute atomic E-state index is 12.3. The van der Waals surface area contributed by atoms with Gasteiger partial charge in [0, 0.05) is 23.9 Å². The molecule has 9 heteroatoms. The number of aryl methyl sites for hydroxylation is 2. The number of hydrogen-bond acceptors (Lipinski definition) is 6. The Balaban J connectivity index is 1.42. The summed E-state index contributed by atoms with van der Waals surface area (Å²) in [4.78, 5) is 45.9. The summed E-state index contributed by atoms with van der Waals surface area (Å²) >= 11 is 2.93. The van der Waals surface area contributed by atoms with Crippen molar-refractivity contribution in [3.8, 4) is 0 Å². The smallest absolute Gasteiger partial charge is 0.259 e. The largest absolute Gasteiger partial charge is 0.355 e. The number of hydrogen-bond donors (Lipinski definition) is 3. The van der Waals surface area contributed by atoms with Crippen LogP contribution in [0.3, 0.4) is 0 Å². The van der Waals surface area contributed by atoms with Crippen LogP contribution < -0.4 is 16.2 Å². The van der Waals surface area contributed by atoms with Gasteiger partial charge in [-0.25, -0.2) is 4.98 Å². The fourth-order valence-electron chi connectivity index (χ4n) is 3.64. The highest BCUT2D eigenvalue weighted by atomic mass is 32.2. The molecule has 1 aliphatic rings. The first-order valence-electron chi connectivity index (χ1n) is 10.5. The van der Waals surface area contributed by atoms with Gasteiger partial charge in [0.25, 0.3) is 5.56 Å². The molecule has 1 saturated carbocycles. The monoisotopic (exact) mass is 450 g/mol. The van der Waals surface area contributed by atoms with Gasteiger partial charge in [0.15, 0.2) is 0 Å². The predicted octanol–water partition coefficient (Wildman–Crippen LogP) is 3.18. The van der Waals surface area contributed by atoms with Crippen LogP contribution in [0, 0.1) is 13.8 Å². The molecule has 0 aromatic carbocycles. The Hall–Kier alpha value is -1.87. The second-order valence-corrected chi connectivity index (χ2v) is 10.4. The zero-order valence-corrected chi connectivity index (χ0v) is 19.4. The molecule has 0 aliphatic heterocycles. The number of thiophene rings is 1. The maximum atomic E-state index is 12.3. The normalized spacial score (nSPS) is 15.8. The average molecular weight is 451 g/mol. The van der Waals surface area contributed by atoms with Crippen LogP contribution in [0.2, 0.25) is 0 Å². The van der Waals surface area contributed by atoms with Crippen LogP contribution in [0.4, 0.5) is 0 Å². The molecule has 0 radical (unpaired) electrons. The lowest BCUT2D eigenvalue weighted by Gasteiger charge is -2.22. The highest BCUT2D eigenvalue weighted by Gasteiger charge is 2.18. The summed E-state index contributed by atoms with van der Waals surface area (Å²) in [6.07, 6.45) is 6.01. The van der Waals surface area contributed by atoms with E-state index in [0.717, 1.165) is 28.1 Å². The van der Waals surface area contributed by atoms with Gasteiger partial charge < -0.3 is 15.6 Å². The first-order valence-corrected chi connectivity index (χ1v) is 12.4. The Bertz CT molecular complexity index is 963. The van der Waals surface area contributed by atoms with Crippen molar-refractivity contribution in [3.05, 3.63) is 26.6 Å². The van der Waals surface area contributed by atoms with Gasteiger partial charge in [-0.1, -0.05) is 19.3 Å². The summed E-state index contributed by atoms with van der Waals surface area (Å²) in [6, 6.07) is 0.291. The molecule has 30 heavy (non-hydrogen) atoms. The van der Waals surface area contributed by atoms with Crippen molar-refractivity contribution in [2.45, 2.75) is 76.3 Å². The Morgan fingerprint density at radius 3 is 2.73 bits per heavy atom. The summed E-state index contributed by atoms with van der Waals surface area (Å²) in [5.41, 5.74) is 0.849. The Morgan fingerprint density at radius 2 is 2.00 bits per heavy atom. The lowest BCUT2D eigenvalue weighted by molar-refractivity contribution is -0.122. The lowest BCUT2D eigenvalue weighted by Crippen LogP contribution is -2.39. The summed E-state index contributed by atoms with van der Waals surface area (Å²) < 4.78 is 0. The van der Waals surface area contributed by atoms with E-state index in [1.54, 1.807) is 0 Å². The van der Waals surface area contributed by atoms with E-state index in [1.165, 1.54) is 42.4 Å². The third kappa shape index (κ3) is 5.85. The van der Waals surface area contributed by atoms with E-state index in [1.807, 2.05) is 20.8 Å².